The van der Waals surface area contributed by atoms with Gasteiger partial charge in [-0.3, -0.25) is 0 Å². The maximum absolute atomic E-state index is 7.17. The molecule has 87 valence electrons. The summed E-state index contributed by atoms with van der Waals surface area (Å²) in [4.78, 5) is 0. The van der Waals surface area contributed by atoms with Crippen LogP contribution in [0.2, 0.25) is 0 Å². The van der Waals surface area contributed by atoms with E-state index < -0.39 is 7.32 Å². The van der Waals surface area contributed by atoms with Gasteiger partial charge < -0.3 is 47.9 Å². The predicted molar refractivity (Wildman–Crippen MR) is 34.1 cm³/mol. The molecule has 0 aromatic rings. The van der Waals surface area contributed by atoms with Gasteiger partial charge in [-0.15, -0.1) is 0 Å². The summed E-state index contributed by atoms with van der Waals surface area (Å²) < 4.78 is 0. The Morgan fingerprint density at radius 3 is 0.545 bits per heavy atom. The minimum Gasteiger partial charge on any atom is -0.412 e. The van der Waals surface area contributed by atoms with Crippen LogP contribution in [-0.2, 0) is 0 Å². The molecule has 0 aliphatic carbocycles. The second-order valence-corrected chi connectivity index (χ2v) is 0.346. The summed E-state index contributed by atoms with van der Waals surface area (Å²) in [6.07, 6.45) is 0. The fraction of sp³-hybridized carbons (Fsp3) is 0. The molecule has 11 heteroatoms. The van der Waals surface area contributed by atoms with E-state index in [0.717, 1.165) is 0 Å². The van der Waals surface area contributed by atoms with Crippen LogP contribution >= 0.6 is 0 Å². The van der Waals surface area contributed by atoms with E-state index in [1.54, 1.807) is 0 Å². The van der Waals surface area contributed by atoms with Crippen molar-refractivity contribution >= 4 is 7.32 Å². The number of hydrogen-bond donors (Lipinski definition) is 3. The smallest absolute Gasteiger partial charge is 0.412 e. The fourth-order valence-electron chi connectivity index (χ4n) is 0. The molecule has 0 aliphatic heterocycles. The normalized spacial score (nSPS) is 2.45. The van der Waals surface area contributed by atoms with Crippen molar-refractivity contribution < 1.29 is 84.8 Å². The van der Waals surface area contributed by atoms with Gasteiger partial charge in [0.25, 0.3) is 0 Å². The second kappa shape index (κ2) is 69.6. The van der Waals surface area contributed by atoms with Gasteiger partial charge in [-0.2, -0.15) is 0 Å². The molecule has 0 aromatic heterocycles. The zero-order valence-corrected chi connectivity index (χ0v) is 6.83. The van der Waals surface area contributed by atoms with Crippen LogP contribution in [0.1, 0.15) is 0 Å². The monoisotopic (exact) mass is 345 g/mol. The first kappa shape index (κ1) is 92.1. The Kier molecular flexibility index (Phi) is 583. The van der Waals surface area contributed by atoms with Crippen LogP contribution in [0.25, 0.3) is 0 Å². The van der Waals surface area contributed by atoms with Gasteiger partial charge in [0.15, 0.2) is 0 Å². The zero-order chi connectivity index (χ0) is 3.58. The number of hydrogen-bond acceptors (Lipinski definition) is 3. The van der Waals surface area contributed by atoms with Crippen molar-refractivity contribution in [1.82, 2.24) is 0 Å². The molecule has 0 saturated heterocycles. The SMILES string of the molecule is O.O.O.O.O.O.OB(O)O.[Lu]. The van der Waals surface area contributed by atoms with Crippen molar-refractivity contribution in [3.05, 3.63) is 0 Å². The molecule has 0 spiro atoms. The largest absolute Gasteiger partial charge is 0.631 e. The maximum Gasteiger partial charge on any atom is 0.631 e. The van der Waals surface area contributed by atoms with Crippen molar-refractivity contribution in [3.63, 3.8) is 0 Å². The van der Waals surface area contributed by atoms with E-state index in [4.69, 9.17) is 15.1 Å². The van der Waals surface area contributed by atoms with Crippen LogP contribution in [0.3, 0.4) is 0 Å². The Bertz CT molecular complexity index is 14.3. The second-order valence-electron chi connectivity index (χ2n) is 0.346. The third-order valence-corrected chi connectivity index (χ3v) is 0. The van der Waals surface area contributed by atoms with E-state index >= 15 is 0 Å². The molecule has 0 unspecified atom stereocenters. The molecule has 0 amide bonds. The van der Waals surface area contributed by atoms with Crippen molar-refractivity contribution in [2.75, 3.05) is 0 Å². The van der Waals surface area contributed by atoms with Crippen molar-refractivity contribution in [2.24, 2.45) is 0 Å². The molecular weight excluding hydrogens is 330 g/mol. The summed E-state index contributed by atoms with van der Waals surface area (Å²) >= 11 is 0. The van der Waals surface area contributed by atoms with Gasteiger partial charge in [0.2, 0.25) is 0 Å². The van der Waals surface area contributed by atoms with E-state index in [1.807, 2.05) is 0 Å². The summed E-state index contributed by atoms with van der Waals surface area (Å²) in [6, 6.07) is 0. The van der Waals surface area contributed by atoms with Gasteiger partial charge in [-0.05, 0) is 0 Å². The molecule has 0 bridgehead atoms. The molecule has 0 rings (SSSR count). The van der Waals surface area contributed by atoms with Crippen molar-refractivity contribution in [2.45, 2.75) is 0 Å². The fourth-order valence-corrected chi connectivity index (χ4v) is 0. The summed E-state index contributed by atoms with van der Waals surface area (Å²) in [6.45, 7) is 0. The predicted octanol–water partition coefficient (Wildman–Crippen LogP) is -7.00. The molecule has 15 N–H and O–H groups in total. The first-order valence-electron chi connectivity index (χ1n) is 0.775. The van der Waals surface area contributed by atoms with Crippen molar-refractivity contribution in [1.29, 1.82) is 0 Å². The molecular formula is H15BLuO9. The third-order valence-electron chi connectivity index (χ3n) is 0. The van der Waals surface area contributed by atoms with Crippen LogP contribution in [0.5, 0.6) is 0 Å². The van der Waals surface area contributed by atoms with Crippen LogP contribution in [0, 0.1) is 36.9 Å². The van der Waals surface area contributed by atoms with E-state index in [0.29, 0.717) is 0 Å². The molecule has 1 radical (unpaired) electrons. The van der Waals surface area contributed by atoms with E-state index in [-0.39, 0.29) is 69.7 Å². The van der Waals surface area contributed by atoms with Gasteiger partial charge in [-0.1, -0.05) is 0 Å². The zero-order valence-electron chi connectivity index (χ0n) is 5.18. The van der Waals surface area contributed by atoms with Crippen LogP contribution < -0.4 is 0 Å². The molecule has 0 heterocycles. The summed E-state index contributed by atoms with van der Waals surface area (Å²) in [5.41, 5.74) is 0. The third kappa shape index (κ3) is 992. The summed E-state index contributed by atoms with van der Waals surface area (Å²) in [7, 11) is -2.17. The summed E-state index contributed by atoms with van der Waals surface area (Å²) in [5.74, 6) is 0. The van der Waals surface area contributed by atoms with Gasteiger partial charge in [-0.25, -0.2) is 0 Å². The molecule has 0 aliphatic rings. The Morgan fingerprint density at radius 1 is 0.545 bits per heavy atom. The van der Waals surface area contributed by atoms with Gasteiger partial charge >= 0.3 is 7.32 Å². The molecule has 0 saturated carbocycles. The Balaban J connectivity index is -0.00000000214. The van der Waals surface area contributed by atoms with Crippen molar-refractivity contribution in [3.8, 4) is 0 Å². The van der Waals surface area contributed by atoms with Crippen LogP contribution in [0.4, 0.5) is 0 Å². The first-order valence-corrected chi connectivity index (χ1v) is 0.775. The van der Waals surface area contributed by atoms with E-state index in [9.17, 15) is 0 Å². The van der Waals surface area contributed by atoms with E-state index in [2.05, 4.69) is 0 Å². The molecule has 0 fully saturated rings. The molecule has 0 aromatic carbocycles. The van der Waals surface area contributed by atoms with Gasteiger partial charge in [0.1, 0.15) is 0 Å². The molecule has 9 nitrogen and oxygen atoms in total. The quantitative estimate of drug-likeness (QED) is 0.362. The minimum atomic E-state index is -2.17. The van der Waals surface area contributed by atoms with Crippen LogP contribution in [-0.4, -0.2) is 55.3 Å². The Morgan fingerprint density at radius 2 is 0.545 bits per heavy atom. The average molecular weight is 345 g/mol. The standard InChI is InChI=1S/BH3O3.Lu.6H2O/c2-1(3)4;;;;;;;/h2-4H;;6*1H2. The topological polar surface area (TPSA) is 250 Å². The van der Waals surface area contributed by atoms with Gasteiger partial charge in [0, 0.05) is 36.9 Å². The van der Waals surface area contributed by atoms with E-state index in [1.165, 1.54) is 0 Å². The minimum absolute atomic E-state index is 0. The molecule has 0 atom stereocenters. The number of rotatable bonds is 0. The average Bonchev–Trinajstić information content (AvgIpc) is 0.811. The Labute approximate surface area is 91.9 Å². The Hall–Kier alpha value is 0.939. The molecule has 11 heavy (non-hydrogen) atoms. The maximum atomic E-state index is 7.17. The summed E-state index contributed by atoms with van der Waals surface area (Å²) in [5, 5.41) is 21.5. The van der Waals surface area contributed by atoms with Crippen LogP contribution in [0.15, 0.2) is 0 Å². The first-order chi connectivity index (χ1) is 1.73. The van der Waals surface area contributed by atoms with Gasteiger partial charge in [0.05, 0.1) is 0 Å².